The summed E-state index contributed by atoms with van der Waals surface area (Å²) in [4.78, 5) is 20.3. The summed E-state index contributed by atoms with van der Waals surface area (Å²) in [5, 5.41) is 4.05. The van der Waals surface area contributed by atoms with Crippen LogP contribution in [0.4, 0.5) is 9.39 Å². The van der Waals surface area contributed by atoms with Crippen LogP contribution in [0.15, 0.2) is 79.0 Å². The lowest BCUT2D eigenvalue weighted by molar-refractivity contribution is 0.0955. The average Bonchev–Trinajstić information content (AvgIpc) is 3.35. The van der Waals surface area contributed by atoms with Crippen molar-refractivity contribution in [3.05, 3.63) is 95.3 Å². The second kappa shape index (κ2) is 10.7. The molecule has 1 aliphatic heterocycles. The minimum absolute atomic E-state index is 0.174. The SMILES string of the molecule is O=C(NCc1cccnc1Oc1cccc(F)c1)c1cc(-c2ccccc2)c(N2CCOCC2)s1. The van der Waals surface area contributed by atoms with Gasteiger partial charge in [-0.3, -0.25) is 4.79 Å². The van der Waals surface area contributed by atoms with Gasteiger partial charge in [-0.05, 0) is 29.8 Å². The van der Waals surface area contributed by atoms with Crippen LogP contribution in [0, 0.1) is 5.82 Å². The molecule has 6 nitrogen and oxygen atoms in total. The quantitative estimate of drug-likeness (QED) is 0.371. The number of benzene rings is 2. The molecule has 2 aromatic carbocycles. The van der Waals surface area contributed by atoms with Gasteiger partial charge in [0.15, 0.2) is 0 Å². The summed E-state index contributed by atoms with van der Waals surface area (Å²) in [6.07, 6.45) is 1.60. The van der Waals surface area contributed by atoms with E-state index in [1.54, 1.807) is 24.4 Å². The van der Waals surface area contributed by atoms with Crippen LogP contribution in [0.3, 0.4) is 0 Å². The number of amides is 1. The molecule has 0 radical (unpaired) electrons. The van der Waals surface area contributed by atoms with Crippen LogP contribution >= 0.6 is 11.3 Å². The lowest BCUT2D eigenvalue weighted by atomic mass is 10.1. The van der Waals surface area contributed by atoms with E-state index in [9.17, 15) is 9.18 Å². The summed E-state index contributed by atoms with van der Waals surface area (Å²) in [5.74, 6) is 0.101. The Bertz CT molecular complexity index is 1310. The molecular formula is C27H24FN3O3S. The number of rotatable bonds is 7. The number of morpholine rings is 1. The van der Waals surface area contributed by atoms with Crippen LogP contribution in [0.1, 0.15) is 15.2 Å². The van der Waals surface area contributed by atoms with Crippen LogP contribution in [-0.2, 0) is 11.3 Å². The highest BCUT2D eigenvalue weighted by Crippen LogP contribution is 2.39. The number of halogens is 1. The van der Waals surface area contributed by atoms with Crippen LogP contribution in [0.2, 0.25) is 0 Å². The zero-order chi connectivity index (χ0) is 24.0. The van der Waals surface area contributed by atoms with Crippen molar-refractivity contribution in [1.29, 1.82) is 0 Å². The average molecular weight is 490 g/mol. The van der Waals surface area contributed by atoms with Crippen LogP contribution in [0.25, 0.3) is 11.1 Å². The number of pyridine rings is 1. The molecule has 1 amide bonds. The number of carbonyl (C=O) groups is 1. The van der Waals surface area contributed by atoms with Gasteiger partial charge in [-0.1, -0.05) is 42.5 Å². The first-order valence-electron chi connectivity index (χ1n) is 11.3. The monoisotopic (exact) mass is 489 g/mol. The number of ether oxygens (including phenoxy) is 2. The van der Waals surface area contributed by atoms with Gasteiger partial charge in [-0.25, -0.2) is 9.37 Å². The number of aromatic nitrogens is 1. The summed E-state index contributed by atoms with van der Waals surface area (Å²) in [5.41, 5.74) is 2.81. The maximum atomic E-state index is 13.5. The Balaban J connectivity index is 1.35. The molecule has 1 aliphatic rings. The lowest BCUT2D eigenvalue weighted by Crippen LogP contribution is -2.35. The predicted octanol–water partition coefficient (Wildman–Crippen LogP) is 5.51. The maximum Gasteiger partial charge on any atom is 0.261 e. The minimum Gasteiger partial charge on any atom is -0.439 e. The third-order valence-electron chi connectivity index (χ3n) is 5.62. The van der Waals surface area contributed by atoms with E-state index >= 15 is 0 Å². The Labute approximate surface area is 207 Å². The fourth-order valence-electron chi connectivity index (χ4n) is 3.87. The molecule has 178 valence electrons. The second-order valence-electron chi connectivity index (χ2n) is 8.00. The third-order valence-corrected chi connectivity index (χ3v) is 6.81. The molecular weight excluding hydrogens is 465 g/mol. The third kappa shape index (κ3) is 5.50. The van der Waals surface area contributed by atoms with Gasteiger partial charge in [0.2, 0.25) is 5.88 Å². The molecule has 1 fully saturated rings. The molecule has 0 saturated carbocycles. The number of hydrogen-bond donors (Lipinski definition) is 1. The topological polar surface area (TPSA) is 63.7 Å². The normalized spacial score (nSPS) is 13.5. The first kappa shape index (κ1) is 23.0. The maximum absolute atomic E-state index is 13.5. The Hall–Kier alpha value is -3.75. The van der Waals surface area contributed by atoms with Crippen LogP contribution < -0.4 is 15.0 Å². The van der Waals surface area contributed by atoms with Crippen molar-refractivity contribution >= 4 is 22.2 Å². The molecule has 0 spiro atoms. The molecule has 0 bridgehead atoms. The van der Waals surface area contributed by atoms with Gasteiger partial charge in [-0.2, -0.15) is 0 Å². The molecule has 0 aliphatic carbocycles. The van der Waals surface area contributed by atoms with Gasteiger partial charge in [0, 0.05) is 43.0 Å². The van der Waals surface area contributed by atoms with Gasteiger partial charge in [0.1, 0.15) is 11.6 Å². The van der Waals surface area contributed by atoms with Gasteiger partial charge in [0.25, 0.3) is 5.91 Å². The van der Waals surface area contributed by atoms with E-state index in [2.05, 4.69) is 27.3 Å². The Morgan fingerprint density at radius 2 is 1.89 bits per heavy atom. The van der Waals surface area contributed by atoms with E-state index in [4.69, 9.17) is 9.47 Å². The van der Waals surface area contributed by atoms with Crippen molar-refractivity contribution in [3.8, 4) is 22.8 Å². The highest BCUT2D eigenvalue weighted by molar-refractivity contribution is 7.18. The molecule has 0 unspecified atom stereocenters. The summed E-state index contributed by atoms with van der Waals surface area (Å²) in [6.45, 7) is 3.14. The molecule has 1 N–H and O–H groups in total. The van der Waals surface area contributed by atoms with Crippen LogP contribution in [-0.4, -0.2) is 37.2 Å². The standard InChI is InChI=1S/C27H24FN3O3S/c28-21-9-4-10-22(16-21)34-26-20(8-5-11-29-26)18-30-25(32)24-17-23(19-6-2-1-3-7-19)27(35-24)31-12-14-33-15-13-31/h1-11,16-17H,12-15,18H2,(H,30,32). The van der Waals surface area contributed by atoms with E-state index in [1.807, 2.05) is 30.3 Å². The Morgan fingerprint density at radius 3 is 2.69 bits per heavy atom. The molecule has 0 atom stereocenters. The Morgan fingerprint density at radius 1 is 1.06 bits per heavy atom. The van der Waals surface area contributed by atoms with Gasteiger partial charge in [-0.15, -0.1) is 11.3 Å². The number of hydrogen-bond acceptors (Lipinski definition) is 6. The van der Waals surface area contributed by atoms with E-state index in [1.165, 1.54) is 23.5 Å². The highest BCUT2D eigenvalue weighted by Gasteiger charge is 2.22. The number of carbonyl (C=O) groups excluding carboxylic acids is 1. The molecule has 2 aromatic heterocycles. The van der Waals surface area contributed by atoms with E-state index in [-0.39, 0.29) is 12.5 Å². The summed E-state index contributed by atoms with van der Waals surface area (Å²) < 4.78 is 24.8. The molecule has 5 rings (SSSR count). The van der Waals surface area contributed by atoms with E-state index in [0.717, 1.165) is 29.2 Å². The lowest BCUT2D eigenvalue weighted by Gasteiger charge is -2.28. The Kier molecular flexibility index (Phi) is 7.02. The first-order chi connectivity index (χ1) is 17.2. The minimum atomic E-state index is -0.392. The number of thiophene rings is 1. The predicted molar refractivity (Wildman–Crippen MR) is 135 cm³/mol. The van der Waals surface area contributed by atoms with Crippen molar-refractivity contribution in [2.75, 3.05) is 31.2 Å². The van der Waals surface area contributed by atoms with E-state index < -0.39 is 5.82 Å². The summed E-state index contributed by atoms with van der Waals surface area (Å²) >= 11 is 1.48. The zero-order valence-electron chi connectivity index (χ0n) is 18.9. The largest absolute Gasteiger partial charge is 0.439 e. The summed E-state index contributed by atoms with van der Waals surface area (Å²) in [7, 11) is 0. The van der Waals surface area contributed by atoms with Crippen molar-refractivity contribution in [1.82, 2.24) is 10.3 Å². The molecule has 1 saturated heterocycles. The van der Waals surface area contributed by atoms with Crippen molar-refractivity contribution < 1.29 is 18.7 Å². The van der Waals surface area contributed by atoms with Crippen molar-refractivity contribution in [2.24, 2.45) is 0 Å². The second-order valence-corrected chi connectivity index (χ2v) is 9.04. The molecule has 3 heterocycles. The zero-order valence-corrected chi connectivity index (χ0v) is 19.8. The number of nitrogens with one attached hydrogen (secondary N) is 1. The smallest absolute Gasteiger partial charge is 0.261 e. The molecule has 8 heteroatoms. The van der Waals surface area contributed by atoms with E-state index in [0.29, 0.717) is 35.3 Å². The van der Waals surface area contributed by atoms with Crippen molar-refractivity contribution in [3.63, 3.8) is 0 Å². The fourth-order valence-corrected chi connectivity index (χ4v) is 5.02. The van der Waals surface area contributed by atoms with Gasteiger partial charge >= 0.3 is 0 Å². The van der Waals surface area contributed by atoms with Gasteiger partial charge < -0.3 is 19.7 Å². The van der Waals surface area contributed by atoms with Gasteiger partial charge in [0.05, 0.1) is 23.1 Å². The van der Waals surface area contributed by atoms with Crippen LogP contribution in [0.5, 0.6) is 11.6 Å². The summed E-state index contributed by atoms with van der Waals surface area (Å²) in [6, 6.07) is 21.5. The molecule has 4 aromatic rings. The highest BCUT2D eigenvalue weighted by atomic mass is 32.1. The fraction of sp³-hybridized carbons (Fsp3) is 0.185. The molecule has 35 heavy (non-hydrogen) atoms. The van der Waals surface area contributed by atoms with Crippen molar-refractivity contribution in [2.45, 2.75) is 6.54 Å². The first-order valence-corrected chi connectivity index (χ1v) is 12.2. The number of nitrogens with zero attached hydrogens (tertiary/aromatic N) is 2. The number of anilines is 1.